The van der Waals surface area contributed by atoms with E-state index < -0.39 is 31.2 Å². The lowest BCUT2D eigenvalue weighted by Crippen LogP contribution is -2.42. The van der Waals surface area contributed by atoms with E-state index in [0.29, 0.717) is 0 Å². The van der Waals surface area contributed by atoms with E-state index in [0.717, 1.165) is 0 Å². The van der Waals surface area contributed by atoms with E-state index in [1.807, 2.05) is 0 Å². The van der Waals surface area contributed by atoms with Crippen LogP contribution in [0.25, 0.3) is 0 Å². The van der Waals surface area contributed by atoms with Gasteiger partial charge in [-0.1, -0.05) is 0 Å². The second kappa shape index (κ2) is 10.6. The summed E-state index contributed by atoms with van der Waals surface area (Å²) >= 11 is 0. The smallest absolute Gasteiger partial charge is 0.473 e. The average Bonchev–Trinajstić information content (AvgIpc) is 2.46. The molecule has 10 nitrogen and oxygen atoms in total. The molecule has 0 radical (unpaired) electrons. The van der Waals surface area contributed by atoms with Crippen LogP contribution in [0.2, 0.25) is 0 Å². The number of hydrogen-bond donors (Lipinski definition) is 3. The summed E-state index contributed by atoms with van der Waals surface area (Å²) in [7, 11) is -0.276. The quantitative estimate of drug-likeness (QED) is 0.319. The predicted molar refractivity (Wildman–Crippen MR) is 73.2 cm³/mol. The van der Waals surface area contributed by atoms with E-state index in [4.69, 9.17) is 15.2 Å². The lowest BCUT2D eigenvalue weighted by molar-refractivity contribution is -0.904. The summed E-state index contributed by atoms with van der Waals surface area (Å²) in [5, 5.41) is 24.3. The van der Waals surface area contributed by atoms with E-state index in [2.05, 4.69) is 37.1 Å². The van der Waals surface area contributed by atoms with Gasteiger partial charge in [0.2, 0.25) is 0 Å². The van der Waals surface area contributed by atoms with Gasteiger partial charge in [-0.2, -0.15) is 0 Å². The van der Waals surface area contributed by atoms with Gasteiger partial charge in [0.05, 0.1) is 26.7 Å². The molecule has 0 aromatic heterocycles. The first kappa shape index (κ1) is 22.2. The molecule has 0 bridgehead atoms. The van der Waals surface area contributed by atoms with Gasteiger partial charge in [0.1, 0.15) is 0 Å². The Morgan fingerprint density at radius 1 is 0.864 bits per heavy atom. The average molecular weight is 322 g/mol. The Bertz CT molecular complexity index is 372. The van der Waals surface area contributed by atoms with Crippen molar-refractivity contribution in [2.45, 2.75) is 20.8 Å². The van der Waals surface area contributed by atoms with E-state index in [1.54, 1.807) is 0 Å². The third-order valence-electron chi connectivity index (χ3n) is 3.06. The molecular formula is C11H21BNO9+. The van der Waals surface area contributed by atoms with Crippen molar-refractivity contribution >= 4 is 31.2 Å². The van der Waals surface area contributed by atoms with Gasteiger partial charge < -0.3 is 29.0 Å². The summed E-state index contributed by atoms with van der Waals surface area (Å²) in [6, 6.07) is 0. The van der Waals surface area contributed by atoms with Crippen LogP contribution in [0.1, 0.15) is 20.8 Å². The lowest BCUT2D eigenvalue weighted by atomic mass is 10.2. The Morgan fingerprint density at radius 3 is 1.27 bits per heavy atom. The van der Waals surface area contributed by atoms with E-state index >= 15 is 0 Å². The minimum Gasteiger partial charge on any atom is -0.473 e. The molecule has 22 heavy (non-hydrogen) atoms. The minimum absolute atomic E-state index is 1.21. The molecule has 0 spiro atoms. The Labute approximate surface area is 128 Å². The van der Waals surface area contributed by atoms with Gasteiger partial charge in [-0.05, 0) is 20.8 Å². The fourth-order valence-electron chi connectivity index (χ4n) is 0.979. The first-order valence-electron chi connectivity index (χ1n) is 6.42. The largest absolute Gasteiger partial charge is 0.789 e. The van der Waals surface area contributed by atoms with Crippen molar-refractivity contribution in [3.63, 3.8) is 0 Å². The zero-order valence-electron chi connectivity index (χ0n) is 12.9. The normalized spacial score (nSPS) is 9.86. The summed E-state index contributed by atoms with van der Waals surface area (Å²) in [5.41, 5.74) is 0. The molecule has 0 aliphatic carbocycles. The first-order chi connectivity index (χ1) is 10.0. The van der Waals surface area contributed by atoms with Crippen molar-refractivity contribution in [1.82, 2.24) is 0 Å². The molecule has 0 amide bonds. The molecule has 11 heteroatoms. The van der Waals surface area contributed by atoms with Gasteiger partial charge in [0.15, 0.2) is 0 Å². The third-order valence-corrected chi connectivity index (χ3v) is 3.06. The van der Waals surface area contributed by atoms with Gasteiger partial charge in [-0.3, -0.25) is 0 Å². The summed E-state index contributed by atoms with van der Waals surface area (Å²) < 4.78 is 8.29. The zero-order valence-corrected chi connectivity index (χ0v) is 12.9. The maximum Gasteiger partial charge on any atom is 0.789 e. The molecule has 0 rings (SSSR count). The highest BCUT2D eigenvalue weighted by Gasteiger charge is 2.32. The van der Waals surface area contributed by atoms with E-state index in [1.165, 1.54) is 24.1 Å². The van der Waals surface area contributed by atoms with Gasteiger partial charge in [0.25, 0.3) is 0 Å². The molecule has 0 unspecified atom stereocenters. The van der Waals surface area contributed by atoms with Crippen molar-refractivity contribution < 1.29 is 48.2 Å². The predicted octanol–water partition coefficient (Wildman–Crippen LogP) is -1.29. The molecule has 0 atom stereocenters. The number of rotatable bonds is 5. The fraction of sp³-hybridized carbons (Fsp3) is 0.636. The molecule has 0 aliphatic heterocycles. The van der Waals surface area contributed by atoms with Gasteiger partial charge >= 0.3 is 31.2 Å². The van der Waals surface area contributed by atoms with Gasteiger partial charge in [0, 0.05) is 0 Å². The monoisotopic (exact) mass is 322 g/mol. The van der Waals surface area contributed by atoms with Crippen molar-refractivity contribution in [3.05, 3.63) is 0 Å². The van der Waals surface area contributed by atoms with Crippen LogP contribution in [0.4, 0.5) is 0 Å². The fourth-order valence-corrected chi connectivity index (χ4v) is 0.979. The minimum atomic E-state index is -2.57. The highest BCUT2D eigenvalue weighted by Crippen LogP contribution is 1.97. The number of carbonyl (C=O) groups excluding carboxylic acids is 2. The molecule has 3 N–H and O–H groups in total. The molecular weight excluding hydrogens is 301 g/mol. The number of carboxylic acids is 2. The second-order valence-electron chi connectivity index (χ2n) is 4.30. The van der Waals surface area contributed by atoms with Crippen molar-refractivity contribution in [2.24, 2.45) is 0 Å². The number of carboxylic acid groups (broad SMARTS) is 2. The van der Waals surface area contributed by atoms with Crippen molar-refractivity contribution in [1.29, 1.82) is 0 Å². The Balaban J connectivity index is 0. The number of aliphatic carboxylic acids is 2. The summed E-state index contributed by atoms with van der Waals surface area (Å²) in [5.74, 6) is -7.85. The van der Waals surface area contributed by atoms with Crippen LogP contribution in [0.5, 0.6) is 0 Å². The zero-order chi connectivity index (χ0) is 17.9. The lowest BCUT2D eigenvalue weighted by Gasteiger charge is -2.30. The first-order valence-corrected chi connectivity index (χ1v) is 6.42. The van der Waals surface area contributed by atoms with Gasteiger partial charge in [-0.15, -0.1) is 0 Å². The molecule has 0 aromatic rings. The van der Waals surface area contributed by atoms with Crippen molar-refractivity contribution in [2.75, 3.05) is 26.7 Å². The topological polar surface area (TPSA) is 147 Å². The Hall–Kier alpha value is -2.14. The van der Waals surface area contributed by atoms with Crippen LogP contribution in [0.3, 0.4) is 0 Å². The maximum atomic E-state index is 10.2. The van der Waals surface area contributed by atoms with Gasteiger partial charge in [-0.25, -0.2) is 19.2 Å². The third kappa shape index (κ3) is 9.72. The summed E-state index contributed by atoms with van der Waals surface area (Å²) in [6.07, 6.45) is 0. The Morgan fingerprint density at radius 2 is 1.14 bits per heavy atom. The van der Waals surface area contributed by atoms with Crippen LogP contribution in [0.15, 0.2) is 0 Å². The summed E-state index contributed by atoms with van der Waals surface area (Å²) in [4.78, 5) is 40.0. The highest BCUT2D eigenvalue weighted by molar-refractivity contribution is 6.48. The number of hydrogen-bond acceptors (Lipinski definition) is 7. The Kier molecular flexibility index (Phi) is 10.6. The van der Waals surface area contributed by atoms with Crippen LogP contribution in [-0.2, 0) is 28.5 Å². The van der Waals surface area contributed by atoms with Crippen LogP contribution in [0, 0.1) is 0 Å². The molecule has 0 heterocycles. The molecule has 0 saturated carbocycles. The molecule has 0 fully saturated rings. The van der Waals surface area contributed by atoms with Crippen LogP contribution >= 0.6 is 0 Å². The second-order valence-corrected chi connectivity index (χ2v) is 4.30. The molecule has 0 aliphatic rings. The number of carbonyl (C=O) groups is 4. The maximum absolute atomic E-state index is 10.2. The summed E-state index contributed by atoms with van der Waals surface area (Å²) in [6.45, 7) is 10.5. The molecule has 126 valence electrons. The van der Waals surface area contributed by atoms with Crippen LogP contribution < -0.4 is 0 Å². The van der Waals surface area contributed by atoms with Crippen molar-refractivity contribution in [3.8, 4) is 0 Å². The SMILES string of the molecule is CC[N+](C)(CC)CC.O=C(O)C(=O)OB(O)OC(=O)C(=O)O. The van der Waals surface area contributed by atoms with E-state index in [9.17, 15) is 19.2 Å². The number of quaternary nitrogens is 1. The van der Waals surface area contributed by atoms with E-state index in [-0.39, 0.29) is 0 Å². The van der Waals surface area contributed by atoms with Crippen LogP contribution in [-0.4, -0.2) is 77.6 Å². The molecule has 0 aromatic carbocycles. The highest BCUT2D eigenvalue weighted by atomic mass is 16.7. The molecule has 0 saturated heterocycles. The number of nitrogens with zero attached hydrogens (tertiary/aromatic N) is 1. The standard InChI is InChI=1S/C7H18N.C4H3BO9/c1-5-8(4,6-2)7-3;6-1(7)3(10)13-5(12)14-4(11)2(8)9/h5-7H2,1-4H3;12H,(H,6,7)(H,8,9)/q+1;.